The van der Waals surface area contributed by atoms with Gasteiger partial charge in [-0.1, -0.05) is 29.8 Å². The molecule has 2 aromatic heterocycles. The van der Waals surface area contributed by atoms with Crippen LogP contribution in [0.3, 0.4) is 0 Å². The number of aromatic amines is 2. The number of phenolic OH excluding ortho intramolecular Hbond substituents is 1. The highest BCUT2D eigenvalue weighted by molar-refractivity contribution is 6.34. The highest BCUT2D eigenvalue weighted by atomic mass is 35.5. The van der Waals surface area contributed by atoms with E-state index in [0.29, 0.717) is 5.75 Å². The molecule has 3 aromatic carbocycles. The quantitative estimate of drug-likeness (QED) is 0.235. The van der Waals surface area contributed by atoms with Gasteiger partial charge in [-0.05, 0) is 87.1 Å². The van der Waals surface area contributed by atoms with Gasteiger partial charge in [0.25, 0.3) is 0 Å². The van der Waals surface area contributed by atoms with E-state index >= 15 is 0 Å². The lowest BCUT2D eigenvalue weighted by molar-refractivity contribution is 0.330. The Morgan fingerprint density at radius 1 is 0.879 bits per heavy atom. The zero-order chi connectivity index (χ0) is 22.4. The van der Waals surface area contributed by atoms with Gasteiger partial charge in [-0.3, -0.25) is 0 Å². The van der Waals surface area contributed by atoms with Crippen LogP contribution in [0.15, 0.2) is 54.9 Å². The van der Waals surface area contributed by atoms with Gasteiger partial charge in [-0.15, -0.1) is 0 Å². The smallest absolute Gasteiger partial charge is 0.119 e. The van der Waals surface area contributed by atoms with Gasteiger partial charge < -0.3 is 20.0 Å². The van der Waals surface area contributed by atoms with E-state index in [4.69, 9.17) is 11.6 Å². The molecule has 0 saturated carbocycles. The van der Waals surface area contributed by atoms with Crippen molar-refractivity contribution in [2.45, 2.75) is 32.1 Å². The number of unbranched alkanes of at least 4 members (excludes halogenated alkanes) is 1. The van der Waals surface area contributed by atoms with Crippen LogP contribution in [-0.4, -0.2) is 39.6 Å². The normalized spacial score (nSPS) is 14.8. The molecule has 5 heteroatoms. The monoisotopic (exact) mass is 457 g/mol. The van der Waals surface area contributed by atoms with Gasteiger partial charge >= 0.3 is 0 Å². The van der Waals surface area contributed by atoms with Gasteiger partial charge in [0.1, 0.15) is 5.75 Å². The van der Waals surface area contributed by atoms with E-state index in [1.165, 1.54) is 38.9 Å². The van der Waals surface area contributed by atoms with Crippen LogP contribution >= 0.6 is 11.6 Å². The number of hydrogen-bond acceptors (Lipinski definition) is 2. The number of benzene rings is 3. The Bertz CT molecular complexity index is 1460. The van der Waals surface area contributed by atoms with Crippen molar-refractivity contribution in [2.24, 2.45) is 0 Å². The number of halogens is 1. The average molecular weight is 458 g/mol. The highest BCUT2D eigenvalue weighted by Crippen LogP contribution is 2.41. The van der Waals surface area contributed by atoms with Gasteiger partial charge in [0.05, 0.1) is 0 Å². The number of fused-ring (bicyclic) bond motifs is 5. The molecule has 0 amide bonds. The van der Waals surface area contributed by atoms with Crippen LogP contribution in [0.1, 0.15) is 31.2 Å². The number of hydrogen-bond donors (Lipinski definition) is 3. The molecule has 5 aromatic rings. The van der Waals surface area contributed by atoms with Crippen molar-refractivity contribution in [2.75, 3.05) is 19.6 Å². The standard InChI is InChI=1S/C28H28ClN3O/c29-24-9-2-1-8-19(24)20-14-26-28(23-17-30-16-22(20)23)21-15-27(33)18(13-25(21)31-26)7-3-4-10-32-11-5-6-12-32/h1-2,8-9,13-17,30-31,33H,3-7,10-12H2. The zero-order valence-corrected chi connectivity index (χ0v) is 19.4. The number of phenols is 1. The molecule has 3 heterocycles. The molecule has 1 aliphatic rings. The molecular weight excluding hydrogens is 430 g/mol. The van der Waals surface area contributed by atoms with Crippen molar-refractivity contribution >= 4 is 44.2 Å². The predicted octanol–water partition coefficient (Wildman–Crippen LogP) is 7.25. The maximum absolute atomic E-state index is 10.8. The molecule has 1 fully saturated rings. The molecule has 0 unspecified atom stereocenters. The van der Waals surface area contributed by atoms with Gasteiger partial charge in [-0.2, -0.15) is 0 Å². The third kappa shape index (κ3) is 3.68. The minimum absolute atomic E-state index is 0.392. The Hall–Kier alpha value is -2.95. The highest BCUT2D eigenvalue weighted by Gasteiger charge is 2.17. The molecule has 6 rings (SSSR count). The van der Waals surface area contributed by atoms with E-state index in [9.17, 15) is 5.11 Å². The van der Waals surface area contributed by atoms with Crippen molar-refractivity contribution in [1.82, 2.24) is 14.9 Å². The average Bonchev–Trinajstić information content (AvgIpc) is 3.56. The lowest BCUT2D eigenvalue weighted by atomic mass is 9.97. The molecule has 0 spiro atoms. The van der Waals surface area contributed by atoms with E-state index in [1.54, 1.807) is 0 Å². The molecule has 0 atom stereocenters. The molecule has 1 aliphatic heterocycles. The van der Waals surface area contributed by atoms with Gasteiger partial charge in [0.15, 0.2) is 0 Å². The summed E-state index contributed by atoms with van der Waals surface area (Å²) in [5.74, 6) is 0.392. The number of likely N-dealkylation sites (tertiary alicyclic amines) is 1. The molecule has 0 aliphatic carbocycles. The SMILES string of the molecule is Oc1cc2c(cc1CCCCN1CCCC1)[nH]c1cc(-c3ccccc3Cl)c3c[nH]cc3c12. The summed E-state index contributed by atoms with van der Waals surface area (Å²) in [4.78, 5) is 9.44. The number of aryl methyl sites for hydroxylation is 1. The van der Waals surface area contributed by atoms with Crippen LogP contribution in [0, 0.1) is 0 Å². The lowest BCUT2D eigenvalue weighted by Gasteiger charge is -2.14. The van der Waals surface area contributed by atoms with Crippen molar-refractivity contribution in [3.8, 4) is 16.9 Å². The summed E-state index contributed by atoms with van der Waals surface area (Å²) in [6.45, 7) is 3.66. The van der Waals surface area contributed by atoms with Crippen LogP contribution in [0.5, 0.6) is 5.75 Å². The van der Waals surface area contributed by atoms with Crippen molar-refractivity contribution in [3.05, 3.63) is 65.4 Å². The first kappa shape index (κ1) is 20.6. The van der Waals surface area contributed by atoms with E-state index < -0.39 is 0 Å². The zero-order valence-electron chi connectivity index (χ0n) is 18.6. The van der Waals surface area contributed by atoms with Crippen molar-refractivity contribution in [1.29, 1.82) is 0 Å². The van der Waals surface area contributed by atoms with E-state index in [2.05, 4.69) is 33.1 Å². The third-order valence-electron chi connectivity index (χ3n) is 7.15. The number of aromatic nitrogens is 2. The molecule has 1 saturated heterocycles. The van der Waals surface area contributed by atoms with Crippen molar-refractivity contribution in [3.63, 3.8) is 0 Å². The molecule has 3 N–H and O–H groups in total. The predicted molar refractivity (Wildman–Crippen MR) is 138 cm³/mol. The van der Waals surface area contributed by atoms with Crippen LogP contribution in [0.4, 0.5) is 0 Å². The summed E-state index contributed by atoms with van der Waals surface area (Å²) >= 11 is 6.54. The summed E-state index contributed by atoms with van der Waals surface area (Å²) in [5.41, 5.74) is 5.26. The van der Waals surface area contributed by atoms with Gasteiger partial charge in [0.2, 0.25) is 0 Å². The first-order valence-electron chi connectivity index (χ1n) is 11.9. The molecule has 168 valence electrons. The largest absolute Gasteiger partial charge is 0.508 e. The number of nitrogens with one attached hydrogen (secondary N) is 2. The fraction of sp³-hybridized carbons (Fsp3) is 0.286. The number of H-pyrrole nitrogens is 2. The minimum Gasteiger partial charge on any atom is -0.508 e. The Morgan fingerprint density at radius 3 is 2.55 bits per heavy atom. The topological polar surface area (TPSA) is 55.0 Å². The number of nitrogens with zero attached hydrogens (tertiary/aromatic N) is 1. The fourth-order valence-electron chi connectivity index (χ4n) is 5.47. The first-order valence-corrected chi connectivity index (χ1v) is 12.3. The van der Waals surface area contributed by atoms with Gasteiger partial charge in [-0.25, -0.2) is 0 Å². The molecule has 33 heavy (non-hydrogen) atoms. The van der Waals surface area contributed by atoms with Crippen LogP contribution < -0.4 is 0 Å². The number of rotatable bonds is 6. The summed E-state index contributed by atoms with van der Waals surface area (Å²) in [5, 5.41) is 16.0. The summed E-state index contributed by atoms with van der Waals surface area (Å²) in [7, 11) is 0. The summed E-state index contributed by atoms with van der Waals surface area (Å²) < 4.78 is 0. The second kappa shape index (κ2) is 8.44. The molecule has 0 bridgehead atoms. The number of aromatic hydroxyl groups is 1. The second-order valence-electron chi connectivity index (χ2n) is 9.27. The summed E-state index contributed by atoms with van der Waals surface area (Å²) in [6, 6.07) is 14.2. The molecule has 0 radical (unpaired) electrons. The molecular formula is C28H28ClN3O. The fourth-order valence-corrected chi connectivity index (χ4v) is 5.71. The van der Waals surface area contributed by atoms with Crippen molar-refractivity contribution < 1.29 is 5.11 Å². The maximum atomic E-state index is 10.8. The Kier molecular flexibility index (Phi) is 5.28. The maximum Gasteiger partial charge on any atom is 0.119 e. The van der Waals surface area contributed by atoms with Crippen LogP contribution in [0.2, 0.25) is 5.02 Å². The van der Waals surface area contributed by atoms with E-state index in [1.807, 2.05) is 36.7 Å². The minimum atomic E-state index is 0.392. The first-order chi connectivity index (χ1) is 16.2. The second-order valence-corrected chi connectivity index (χ2v) is 9.67. The summed E-state index contributed by atoms with van der Waals surface area (Å²) in [6.07, 6.45) is 9.91. The Labute approximate surface area is 198 Å². The van der Waals surface area contributed by atoms with E-state index in [0.717, 1.165) is 67.1 Å². The molecule has 4 nitrogen and oxygen atoms in total. The Balaban J connectivity index is 1.38. The lowest BCUT2D eigenvalue weighted by Crippen LogP contribution is -2.20. The Morgan fingerprint density at radius 2 is 1.70 bits per heavy atom. The van der Waals surface area contributed by atoms with Crippen LogP contribution in [-0.2, 0) is 6.42 Å². The van der Waals surface area contributed by atoms with Crippen LogP contribution in [0.25, 0.3) is 43.7 Å². The van der Waals surface area contributed by atoms with E-state index in [-0.39, 0.29) is 0 Å². The van der Waals surface area contributed by atoms with Gasteiger partial charge in [0, 0.05) is 55.6 Å². The third-order valence-corrected chi connectivity index (χ3v) is 7.48.